The van der Waals surface area contributed by atoms with Gasteiger partial charge in [0.25, 0.3) is 0 Å². The molecule has 2 aromatic carbocycles. The average Bonchev–Trinajstić information content (AvgIpc) is 2.53. The number of aryl methyl sites for hydroxylation is 2. The predicted molar refractivity (Wildman–Crippen MR) is 94.3 cm³/mol. The summed E-state index contributed by atoms with van der Waals surface area (Å²) in [6.45, 7) is 5.12. The number of ketones is 1. The minimum absolute atomic E-state index is 0.164. The van der Waals surface area contributed by atoms with E-state index in [4.69, 9.17) is 10.2 Å². The molecule has 0 heterocycles. The van der Waals surface area contributed by atoms with E-state index < -0.39 is 11.9 Å². The molecule has 0 aliphatic carbocycles. The molecule has 2 N–H and O–H groups in total. The van der Waals surface area contributed by atoms with Crippen LogP contribution in [0, 0.1) is 13.8 Å². The van der Waals surface area contributed by atoms with Gasteiger partial charge in [0.2, 0.25) is 0 Å². The number of carboxylic acid groups (broad SMARTS) is 2. The third kappa shape index (κ3) is 4.01. The van der Waals surface area contributed by atoms with E-state index in [1.54, 1.807) is 39.0 Å². The van der Waals surface area contributed by atoms with E-state index in [1.807, 2.05) is 0 Å². The Balaban J connectivity index is 2.32. The number of aromatic carboxylic acids is 2. The Morgan fingerprint density at radius 1 is 0.800 bits per heavy atom. The Bertz CT molecular complexity index is 906. The Labute approximate surface area is 145 Å². The van der Waals surface area contributed by atoms with Crippen LogP contribution >= 0.6 is 0 Å². The summed E-state index contributed by atoms with van der Waals surface area (Å²) in [7, 11) is 0. The number of hydrogen-bond acceptors (Lipinski definition) is 3. The lowest BCUT2D eigenvalue weighted by molar-refractivity contribution is 0.0685. The molecule has 2 rings (SSSR count). The molecule has 0 spiro atoms. The van der Waals surface area contributed by atoms with Crippen LogP contribution in [0.2, 0.25) is 0 Å². The lowest BCUT2D eigenvalue weighted by atomic mass is 9.97. The number of rotatable bonds is 5. The maximum absolute atomic E-state index is 12.4. The van der Waals surface area contributed by atoms with Gasteiger partial charge in [-0.05, 0) is 67.3 Å². The molecule has 0 fully saturated rings. The number of carbonyl (C=O) groups is 3. The molecule has 5 nitrogen and oxygen atoms in total. The first-order chi connectivity index (χ1) is 11.7. The molecule has 0 unspecified atom stereocenters. The lowest BCUT2D eigenvalue weighted by Crippen LogP contribution is -2.03. The third-order valence-electron chi connectivity index (χ3n) is 4.00. The zero-order valence-electron chi connectivity index (χ0n) is 14.2. The second-order valence-corrected chi connectivity index (χ2v) is 5.86. The zero-order chi connectivity index (χ0) is 18.7. The highest BCUT2D eigenvalue weighted by Gasteiger charge is 2.12. The molecule has 0 saturated carbocycles. The summed E-state index contributed by atoms with van der Waals surface area (Å²) in [4.78, 5) is 34.5. The molecule has 0 atom stereocenters. The smallest absolute Gasteiger partial charge is 0.335 e. The summed E-state index contributed by atoms with van der Waals surface area (Å²) >= 11 is 0. The van der Waals surface area contributed by atoms with Gasteiger partial charge in [0.05, 0.1) is 11.1 Å². The van der Waals surface area contributed by atoms with Crippen molar-refractivity contribution < 1.29 is 24.6 Å². The van der Waals surface area contributed by atoms with Crippen molar-refractivity contribution in [2.45, 2.75) is 20.8 Å². The topological polar surface area (TPSA) is 91.7 Å². The molecular weight excluding hydrogens is 320 g/mol. The molecule has 0 amide bonds. The number of benzene rings is 2. The fourth-order valence-corrected chi connectivity index (χ4v) is 2.57. The summed E-state index contributed by atoms with van der Waals surface area (Å²) in [5.74, 6) is -2.26. The summed E-state index contributed by atoms with van der Waals surface area (Å²) < 4.78 is 0. The van der Waals surface area contributed by atoms with Crippen molar-refractivity contribution in [2.75, 3.05) is 0 Å². The monoisotopic (exact) mass is 338 g/mol. The van der Waals surface area contributed by atoms with Crippen LogP contribution in [0.5, 0.6) is 0 Å². The van der Waals surface area contributed by atoms with Crippen LogP contribution < -0.4 is 0 Å². The first-order valence-corrected chi connectivity index (χ1v) is 7.61. The maximum atomic E-state index is 12.4. The summed E-state index contributed by atoms with van der Waals surface area (Å²) in [5, 5.41) is 18.1. The molecule has 2 aromatic rings. The van der Waals surface area contributed by atoms with Crippen LogP contribution in [0.25, 0.3) is 5.57 Å². The Hall–Kier alpha value is -3.21. The third-order valence-corrected chi connectivity index (χ3v) is 4.00. The Morgan fingerprint density at radius 2 is 1.24 bits per heavy atom. The van der Waals surface area contributed by atoms with Crippen LogP contribution in [0.15, 0.2) is 42.5 Å². The van der Waals surface area contributed by atoms with E-state index in [0.29, 0.717) is 22.3 Å². The number of carbonyl (C=O) groups excluding carboxylic acids is 1. The van der Waals surface area contributed by atoms with Gasteiger partial charge in [0.15, 0.2) is 5.78 Å². The van der Waals surface area contributed by atoms with E-state index >= 15 is 0 Å². The molecule has 0 aromatic heterocycles. The average molecular weight is 338 g/mol. The van der Waals surface area contributed by atoms with Crippen molar-refractivity contribution in [1.29, 1.82) is 0 Å². The molecule has 5 heteroatoms. The van der Waals surface area contributed by atoms with Crippen molar-refractivity contribution in [2.24, 2.45) is 0 Å². The molecular formula is C20H18O5. The Morgan fingerprint density at radius 3 is 1.68 bits per heavy atom. The largest absolute Gasteiger partial charge is 0.478 e. The highest BCUT2D eigenvalue weighted by Crippen LogP contribution is 2.20. The normalized spacial score (nSPS) is 11.2. The standard InChI is InChI=1S/C20H18O5/c1-11(14-4-6-16(19(22)23)12(2)8-14)10-18(21)15-5-7-17(20(24)25)13(3)9-15/h4-10H,1-3H3,(H,22,23)(H,24,25)/b11-10-. The zero-order valence-corrected chi connectivity index (χ0v) is 14.2. The first-order valence-electron chi connectivity index (χ1n) is 7.61. The van der Waals surface area contributed by atoms with Gasteiger partial charge in [-0.25, -0.2) is 9.59 Å². The van der Waals surface area contributed by atoms with Crippen LogP contribution in [0.1, 0.15) is 54.7 Å². The van der Waals surface area contributed by atoms with Gasteiger partial charge in [-0.2, -0.15) is 0 Å². The van der Waals surface area contributed by atoms with E-state index in [0.717, 1.165) is 5.56 Å². The van der Waals surface area contributed by atoms with Crippen LogP contribution in [-0.2, 0) is 0 Å². The number of carboxylic acids is 2. The summed E-state index contributed by atoms with van der Waals surface area (Å²) in [5.41, 5.74) is 3.39. The highest BCUT2D eigenvalue weighted by atomic mass is 16.4. The molecule has 0 radical (unpaired) electrons. The van der Waals surface area contributed by atoms with Crippen molar-refractivity contribution in [3.8, 4) is 0 Å². The molecule has 0 saturated heterocycles. The molecule has 25 heavy (non-hydrogen) atoms. The van der Waals surface area contributed by atoms with E-state index in [1.165, 1.54) is 24.3 Å². The SMILES string of the molecule is C/C(=C/C(=O)c1ccc(C(=O)O)c(C)c1)c1ccc(C(=O)O)c(C)c1. The van der Waals surface area contributed by atoms with Gasteiger partial charge in [-0.1, -0.05) is 18.2 Å². The second kappa shape index (κ2) is 7.13. The fourth-order valence-electron chi connectivity index (χ4n) is 2.57. The predicted octanol–water partition coefficient (Wildman–Crippen LogP) is 3.99. The van der Waals surface area contributed by atoms with Crippen LogP contribution in [-0.4, -0.2) is 27.9 Å². The van der Waals surface area contributed by atoms with Gasteiger partial charge < -0.3 is 10.2 Å². The van der Waals surface area contributed by atoms with Crippen molar-refractivity contribution in [1.82, 2.24) is 0 Å². The second-order valence-electron chi connectivity index (χ2n) is 5.86. The van der Waals surface area contributed by atoms with Gasteiger partial charge in [0.1, 0.15) is 0 Å². The van der Waals surface area contributed by atoms with E-state index in [9.17, 15) is 14.4 Å². The molecule has 128 valence electrons. The Kier molecular flexibility index (Phi) is 5.17. The molecule has 0 bridgehead atoms. The van der Waals surface area contributed by atoms with Gasteiger partial charge in [-0.15, -0.1) is 0 Å². The summed E-state index contributed by atoms with van der Waals surface area (Å²) in [6.07, 6.45) is 1.46. The minimum atomic E-state index is -1.03. The van der Waals surface area contributed by atoms with Crippen LogP contribution in [0.4, 0.5) is 0 Å². The molecule has 0 aliphatic rings. The van der Waals surface area contributed by atoms with Crippen molar-refractivity contribution >= 4 is 23.3 Å². The highest BCUT2D eigenvalue weighted by molar-refractivity contribution is 6.09. The fraction of sp³-hybridized carbons (Fsp3) is 0.150. The van der Waals surface area contributed by atoms with Crippen molar-refractivity contribution in [3.05, 3.63) is 75.9 Å². The van der Waals surface area contributed by atoms with Crippen LogP contribution in [0.3, 0.4) is 0 Å². The van der Waals surface area contributed by atoms with Gasteiger partial charge in [0, 0.05) is 5.56 Å². The number of hydrogen-bond donors (Lipinski definition) is 2. The minimum Gasteiger partial charge on any atom is -0.478 e. The first kappa shape index (κ1) is 18.1. The van der Waals surface area contributed by atoms with Gasteiger partial charge in [-0.3, -0.25) is 4.79 Å². The lowest BCUT2D eigenvalue weighted by Gasteiger charge is -2.07. The summed E-state index contributed by atoms with van der Waals surface area (Å²) in [6, 6.07) is 9.35. The van der Waals surface area contributed by atoms with E-state index in [2.05, 4.69) is 0 Å². The quantitative estimate of drug-likeness (QED) is 0.635. The van der Waals surface area contributed by atoms with Crippen molar-refractivity contribution in [3.63, 3.8) is 0 Å². The number of allylic oxidation sites excluding steroid dienone is 2. The van der Waals surface area contributed by atoms with E-state index in [-0.39, 0.29) is 16.9 Å². The maximum Gasteiger partial charge on any atom is 0.335 e. The van der Waals surface area contributed by atoms with Gasteiger partial charge >= 0.3 is 11.9 Å². The molecule has 0 aliphatic heterocycles.